The van der Waals surface area contributed by atoms with Gasteiger partial charge >= 0.3 is 0 Å². The minimum absolute atomic E-state index is 0.0178. The van der Waals surface area contributed by atoms with Crippen molar-refractivity contribution in [3.05, 3.63) is 64.5 Å². The molecule has 2 amide bonds. The van der Waals surface area contributed by atoms with Crippen molar-refractivity contribution in [1.82, 2.24) is 15.2 Å². The lowest BCUT2D eigenvalue weighted by atomic mass is 10.0. The number of amides is 2. The Hall–Kier alpha value is -2.86. The highest BCUT2D eigenvalue weighted by atomic mass is 32.1. The molecule has 6 heteroatoms. The molecule has 0 bridgehead atoms. The monoisotopic (exact) mass is 421 g/mol. The second-order valence-corrected chi connectivity index (χ2v) is 8.97. The van der Waals surface area contributed by atoms with E-state index in [1.807, 2.05) is 49.2 Å². The predicted molar refractivity (Wildman–Crippen MR) is 122 cm³/mol. The molecule has 0 fully saturated rings. The Morgan fingerprint density at radius 1 is 1.20 bits per heavy atom. The lowest BCUT2D eigenvalue weighted by molar-refractivity contribution is -0.136. The molecule has 4 rings (SSSR count). The Morgan fingerprint density at radius 2 is 2.03 bits per heavy atom. The Labute approximate surface area is 180 Å². The number of aromatic nitrogens is 1. The highest BCUT2D eigenvalue weighted by molar-refractivity contribution is 7.11. The van der Waals surface area contributed by atoms with Crippen LogP contribution in [-0.2, 0) is 16.0 Å². The molecule has 0 spiro atoms. The summed E-state index contributed by atoms with van der Waals surface area (Å²) in [4.78, 5) is 32.2. The smallest absolute Gasteiger partial charge is 0.245 e. The molecule has 3 heterocycles. The lowest BCUT2D eigenvalue weighted by Gasteiger charge is -2.30. The number of hydrogen-bond donors (Lipinski definition) is 2. The van der Waals surface area contributed by atoms with E-state index in [1.54, 1.807) is 11.3 Å². The first-order valence-corrected chi connectivity index (χ1v) is 11.3. The topological polar surface area (TPSA) is 65.2 Å². The second kappa shape index (κ2) is 8.88. The first-order chi connectivity index (χ1) is 14.5. The number of carbonyl (C=O) groups is 2. The van der Waals surface area contributed by atoms with Crippen LogP contribution in [-0.4, -0.2) is 40.8 Å². The van der Waals surface area contributed by atoms with Crippen LogP contribution in [0.5, 0.6) is 0 Å². The van der Waals surface area contributed by atoms with Gasteiger partial charge in [-0.05, 0) is 35.1 Å². The normalized spacial score (nSPS) is 15.3. The second-order valence-electron chi connectivity index (χ2n) is 8.02. The van der Waals surface area contributed by atoms with Gasteiger partial charge in [-0.15, -0.1) is 11.3 Å². The summed E-state index contributed by atoms with van der Waals surface area (Å²) in [5.41, 5.74) is 3.38. The van der Waals surface area contributed by atoms with Gasteiger partial charge in [0.1, 0.15) is 6.04 Å². The molecular weight excluding hydrogens is 394 g/mol. The molecule has 1 unspecified atom stereocenters. The summed E-state index contributed by atoms with van der Waals surface area (Å²) in [5.74, 6) is -0.286. The Bertz CT molecular complexity index is 1070. The van der Waals surface area contributed by atoms with Gasteiger partial charge in [0.2, 0.25) is 11.8 Å². The number of hydrogen-bond acceptors (Lipinski definition) is 3. The van der Waals surface area contributed by atoms with Crippen molar-refractivity contribution in [2.24, 2.45) is 5.92 Å². The quantitative estimate of drug-likeness (QED) is 0.626. The molecule has 2 aromatic heterocycles. The van der Waals surface area contributed by atoms with Gasteiger partial charge in [-0.3, -0.25) is 9.59 Å². The molecule has 0 aliphatic carbocycles. The molecular formula is C24H27N3O2S. The molecule has 1 aromatic carbocycles. The maximum atomic E-state index is 13.4. The average molecular weight is 422 g/mol. The molecule has 0 radical (unpaired) electrons. The van der Waals surface area contributed by atoms with Crippen molar-refractivity contribution in [2.75, 3.05) is 13.1 Å². The van der Waals surface area contributed by atoms with Crippen molar-refractivity contribution in [3.8, 4) is 0 Å². The third-order valence-corrected chi connectivity index (χ3v) is 6.54. The van der Waals surface area contributed by atoms with Gasteiger partial charge in [0.25, 0.3) is 0 Å². The van der Waals surface area contributed by atoms with Crippen LogP contribution in [0.25, 0.3) is 16.5 Å². The number of nitrogens with zero attached hydrogens (tertiary/aromatic N) is 1. The number of thiophene rings is 1. The van der Waals surface area contributed by atoms with Crippen LogP contribution < -0.4 is 5.32 Å². The van der Waals surface area contributed by atoms with E-state index in [0.717, 1.165) is 22.9 Å². The third-order valence-electron chi connectivity index (χ3n) is 5.60. The van der Waals surface area contributed by atoms with Gasteiger partial charge in [-0.25, -0.2) is 0 Å². The standard InChI is InChI=1S/C24H27N3O2S/c1-16(2)23(28)26-21(14-18-15-25-20-7-4-3-6-19(18)20)24(29)27-11-9-17(10-12-27)22-8-5-13-30-22/h3-9,13,15-16,21,25H,10-12,14H2,1-2H3,(H,26,28). The van der Waals surface area contributed by atoms with Gasteiger partial charge in [-0.2, -0.15) is 0 Å². The Balaban J connectivity index is 1.53. The number of H-pyrrole nitrogens is 1. The van der Waals surface area contributed by atoms with E-state index in [4.69, 9.17) is 0 Å². The first-order valence-electron chi connectivity index (χ1n) is 10.4. The zero-order chi connectivity index (χ0) is 21.1. The molecule has 0 saturated heterocycles. The highest BCUT2D eigenvalue weighted by Gasteiger charge is 2.29. The first kappa shape index (κ1) is 20.4. The van der Waals surface area contributed by atoms with Crippen molar-refractivity contribution < 1.29 is 9.59 Å². The van der Waals surface area contributed by atoms with E-state index >= 15 is 0 Å². The SMILES string of the molecule is CC(C)C(=O)NC(Cc1c[nH]c2ccccc12)C(=O)N1CC=C(c2cccs2)CC1. The zero-order valence-corrected chi connectivity index (χ0v) is 18.2. The lowest BCUT2D eigenvalue weighted by Crippen LogP contribution is -2.51. The highest BCUT2D eigenvalue weighted by Crippen LogP contribution is 2.27. The molecule has 1 atom stereocenters. The molecule has 2 N–H and O–H groups in total. The van der Waals surface area contributed by atoms with E-state index in [1.165, 1.54) is 10.5 Å². The number of aromatic amines is 1. The fraction of sp³-hybridized carbons (Fsp3) is 0.333. The minimum atomic E-state index is -0.573. The maximum absolute atomic E-state index is 13.4. The van der Waals surface area contributed by atoms with Gasteiger partial charge < -0.3 is 15.2 Å². The van der Waals surface area contributed by atoms with Crippen molar-refractivity contribution >= 4 is 39.6 Å². The van der Waals surface area contributed by atoms with E-state index < -0.39 is 6.04 Å². The zero-order valence-electron chi connectivity index (χ0n) is 17.4. The minimum Gasteiger partial charge on any atom is -0.361 e. The molecule has 156 valence electrons. The summed E-state index contributed by atoms with van der Waals surface area (Å²) in [6.07, 6.45) is 5.39. The summed E-state index contributed by atoms with van der Waals surface area (Å²) in [5, 5.41) is 6.16. The number of fused-ring (bicyclic) bond motifs is 1. The van der Waals surface area contributed by atoms with Crippen LogP contribution >= 0.6 is 11.3 Å². The van der Waals surface area contributed by atoms with E-state index in [0.29, 0.717) is 19.5 Å². The third kappa shape index (κ3) is 4.33. The Kier molecular flexibility index (Phi) is 6.04. The maximum Gasteiger partial charge on any atom is 0.245 e. The van der Waals surface area contributed by atoms with Crippen LogP contribution in [0.3, 0.4) is 0 Å². The number of carbonyl (C=O) groups excluding carboxylic acids is 2. The molecule has 1 aliphatic rings. The summed E-state index contributed by atoms with van der Waals surface area (Å²) in [7, 11) is 0. The average Bonchev–Trinajstić information content (AvgIpc) is 3.43. The molecule has 0 saturated carbocycles. The van der Waals surface area contributed by atoms with Crippen molar-refractivity contribution in [3.63, 3.8) is 0 Å². The van der Waals surface area contributed by atoms with Crippen LogP contribution in [0.4, 0.5) is 0 Å². The van der Waals surface area contributed by atoms with Crippen molar-refractivity contribution in [2.45, 2.75) is 32.7 Å². The molecule has 30 heavy (non-hydrogen) atoms. The van der Waals surface area contributed by atoms with Gasteiger partial charge in [-0.1, -0.05) is 44.2 Å². The number of rotatable bonds is 6. The summed E-state index contributed by atoms with van der Waals surface area (Å²) in [6, 6.07) is 11.6. The number of nitrogens with one attached hydrogen (secondary N) is 2. The van der Waals surface area contributed by atoms with Crippen molar-refractivity contribution in [1.29, 1.82) is 0 Å². The number of benzene rings is 1. The molecule has 1 aliphatic heterocycles. The molecule has 3 aromatic rings. The summed E-state index contributed by atoms with van der Waals surface area (Å²) in [6.45, 7) is 4.94. The van der Waals surface area contributed by atoms with E-state index in [2.05, 4.69) is 33.9 Å². The van der Waals surface area contributed by atoms with Gasteiger partial charge in [0.05, 0.1) is 0 Å². The fourth-order valence-electron chi connectivity index (χ4n) is 3.83. The number of para-hydroxylation sites is 1. The van der Waals surface area contributed by atoms with E-state index in [9.17, 15) is 9.59 Å². The van der Waals surface area contributed by atoms with Crippen LogP contribution in [0.2, 0.25) is 0 Å². The largest absolute Gasteiger partial charge is 0.361 e. The predicted octanol–water partition coefficient (Wildman–Crippen LogP) is 4.23. The van der Waals surface area contributed by atoms with Gasteiger partial charge in [0.15, 0.2) is 0 Å². The van der Waals surface area contributed by atoms with Crippen LogP contribution in [0, 0.1) is 5.92 Å². The summed E-state index contributed by atoms with van der Waals surface area (Å²) < 4.78 is 0. The fourth-order valence-corrected chi connectivity index (χ4v) is 4.63. The summed E-state index contributed by atoms with van der Waals surface area (Å²) >= 11 is 1.73. The van der Waals surface area contributed by atoms with E-state index in [-0.39, 0.29) is 17.7 Å². The van der Waals surface area contributed by atoms with Gasteiger partial charge in [0, 0.05) is 47.4 Å². The Morgan fingerprint density at radius 3 is 2.73 bits per heavy atom. The van der Waals surface area contributed by atoms with Crippen LogP contribution in [0.1, 0.15) is 30.7 Å². The van der Waals surface area contributed by atoms with Crippen LogP contribution in [0.15, 0.2) is 54.1 Å². The molecule has 5 nitrogen and oxygen atoms in total.